The summed E-state index contributed by atoms with van der Waals surface area (Å²) in [4.78, 5) is 66.3. The van der Waals surface area contributed by atoms with E-state index in [-0.39, 0.29) is 35.6 Å². The Bertz CT molecular complexity index is 922. The van der Waals surface area contributed by atoms with E-state index in [1.807, 2.05) is 20.8 Å². The lowest BCUT2D eigenvalue weighted by Crippen LogP contribution is -2.59. The summed E-state index contributed by atoms with van der Waals surface area (Å²) in [5.74, 6) is -2.57. The van der Waals surface area contributed by atoms with Crippen LogP contribution in [0.5, 0.6) is 0 Å². The van der Waals surface area contributed by atoms with Gasteiger partial charge in [-0.3, -0.25) is 19.2 Å². The number of nitrogens with zero attached hydrogens (tertiary/aromatic N) is 1. The Kier molecular flexibility index (Phi) is 9.54. The Balaban J connectivity index is 2.25. The molecule has 1 saturated carbocycles. The molecule has 37 heavy (non-hydrogen) atoms. The van der Waals surface area contributed by atoms with Gasteiger partial charge in [-0.05, 0) is 50.4 Å². The first-order chi connectivity index (χ1) is 17.1. The molecular weight excluding hydrogens is 476 g/mol. The highest BCUT2D eigenvalue weighted by Gasteiger charge is 2.69. The van der Waals surface area contributed by atoms with Crippen molar-refractivity contribution in [2.24, 2.45) is 23.2 Å². The van der Waals surface area contributed by atoms with Crippen molar-refractivity contribution in [1.29, 1.82) is 0 Å². The van der Waals surface area contributed by atoms with E-state index < -0.39 is 47.4 Å². The number of hydrogen-bond acceptors (Lipinski definition) is 6. The molecule has 0 aromatic heterocycles. The minimum atomic E-state index is -0.999. The minimum Gasteiger partial charge on any atom is -0.444 e. The molecule has 5 atom stereocenters. The van der Waals surface area contributed by atoms with E-state index in [1.54, 1.807) is 20.8 Å². The summed E-state index contributed by atoms with van der Waals surface area (Å²) in [5, 5.41) is 7.89. The summed E-state index contributed by atoms with van der Waals surface area (Å²) in [6.07, 6.45) is 1.63. The molecule has 10 nitrogen and oxygen atoms in total. The maximum Gasteiger partial charge on any atom is 0.408 e. The number of hydrogen-bond donors (Lipinski definition) is 3. The quantitative estimate of drug-likeness (QED) is 0.282. The number of ether oxygens (including phenoxy) is 1. The van der Waals surface area contributed by atoms with E-state index >= 15 is 0 Å². The van der Waals surface area contributed by atoms with Crippen molar-refractivity contribution in [1.82, 2.24) is 20.9 Å². The van der Waals surface area contributed by atoms with Gasteiger partial charge in [-0.15, -0.1) is 6.58 Å². The van der Waals surface area contributed by atoms with Gasteiger partial charge in [0, 0.05) is 13.1 Å². The number of rotatable bonds is 11. The second-order valence-electron chi connectivity index (χ2n) is 12.0. The second-order valence-corrected chi connectivity index (χ2v) is 12.0. The number of piperidine rings is 1. The molecule has 2 rings (SSSR count). The Morgan fingerprint density at radius 2 is 1.76 bits per heavy atom. The molecule has 1 aliphatic carbocycles. The number of carbonyl (C=O) groups is 5. The lowest BCUT2D eigenvalue weighted by molar-refractivity contribution is -0.144. The highest BCUT2D eigenvalue weighted by molar-refractivity contribution is 6.38. The summed E-state index contributed by atoms with van der Waals surface area (Å²) in [7, 11) is 0. The number of amides is 4. The van der Waals surface area contributed by atoms with Gasteiger partial charge in [0.25, 0.3) is 5.91 Å². The Morgan fingerprint density at radius 1 is 1.14 bits per heavy atom. The van der Waals surface area contributed by atoms with E-state index in [9.17, 15) is 24.0 Å². The van der Waals surface area contributed by atoms with Crippen LogP contribution in [0, 0.1) is 23.2 Å². The van der Waals surface area contributed by atoms with Gasteiger partial charge in [0.15, 0.2) is 0 Å². The summed E-state index contributed by atoms with van der Waals surface area (Å²) >= 11 is 0. The average molecular weight is 521 g/mol. The molecular formula is C27H44N4O6. The molecule has 0 aromatic carbocycles. The van der Waals surface area contributed by atoms with Crippen molar-refractivity contribution in [3.63, 3.8) is 0 Å². The normalized spacial score (nSPS) is 23.4. The standard InChI is InChI=1S/C27H44N4O6/c1-10-12-17(21(32)23(34)28-13-11-2)29-22(33)20-18-16(27(18,8)9)14-31(20)24(35)19(15(3)4)30-25(36)37-26(5,6)7/h11,15-20H,2,10,12-14H2,1,3-9H3,(H,28,34)(H,29,33)(H,30,36)/t16?,17-,18?,19+,20+/m1/s1. The molecule has 0 bridgehead atoms. The molecule has 2 fully saturated rings. The predicted octanol–water partition coefficient (Wildman–Crippen LogP) is 2.17. The summed E-state index contributed by atoms with van der Waals surface area (Å²) in [5.41, 5.74) is -0.870. The Hall–Kier alpha value is -2.91. The van der Waals surface area contributed by atoms with Gasteiger partial charge in [0.1, 0.15) is 17.7 Å². The van der Waals surface area contributed by atoms with Crippen molar-refractivity contribution < 1.29 is 28.7 Å². The predicted molar refractivity (Wildman–Crippen MR) is 139 cm³/mol. The van der Waals surface area contributed by atoms with Crippen LogP contribution in [-0.4, -0.2) is 71.3 Å². The van der Waals surface area contributed by atoms with Gasteiger partial charge in [-0.2, -0.15) is 0 Å². The first kappa shape index (κ1) is 30.3. The van der Waals surface area contributed by atoms with Crippen LogP contribution in [0.1, 0.15) is 68.2 Å². The van der Waals surface area contributed by atoms with E-state index in [2.05, 4.69) is 36.4 Å². The van der Waals surface area contributed by atoms with Crippen molar-refractivity contribution in [2.75, 3.05) is 13.1 Å². The highest BCUT2D eigenvalue weighted by atomic mass is 16.6. The third-order valence-corrected chi connectivity index (χ3v) is 7.21. The summed E-state index contributed by atoms with van der Waals surface area (Å²) in [6.45, 7) is 18.8. The molecule has 4 amide bonds. The molecule has 1 saturated heterocycles. The molecule has 0 aromatic rings. The van der Waals surface area contributed by atoms with E-state index in [1.165, 1.54) is 11.0 Å². The zero-order chi connectivity index (χ0) is 28.3. The van der Waals surface area contributed by atoms with E-state index in [0.29, 0.717) is 19.4 Å². The largest absolute Gasteiger partial charge is 0.444 e. The molecule has 2 aliphatic rings. The second kappa shape index (κ2) is 11.6. The smallest absolute Gasteiger partial charge is 0.408 e. The molecule has 3 N–H and O–H groups in total. The SMILES string of the molecule is C=CCNC(=O)C(=O)[C@@H](CCC)NC(=O)[C@@H]1C2C(CN1C(=O)[C@@H](NC(=O)OC(C)(C)C)C(C)C)C2(C)C. The van der Waals surface area contributed by atoms with Crippen molar-refractivity contribution in [3.8, 4) is 0 Å². The van der Waals surface area contributed by atoms with Crippen LogP contribution in [0.25, 0.3) is 0 Å². The molecule has 10 heteroatoms. The summed E-state index contributed by atoms with van der Waals surface area (Å²) in [6, 6.07) is -2.69. The number of Topliss-reactive ketones (excluding diaryl/α,β-unsaturated/α-hetero) is 1. The Morgan fingerprint density at radius 3 is 2.27 bits per heavy atom. The van der Waals surface area contributed by atoms with Crippen LogP contribution in [0.4, 0.5) is 4.79 Å². The fourth-order valence-corrected chi connectivity index (χ4v) is 5.16. The molecule has 1 heterocycles. The number of alkyl carbamates (subject to hydrolysis) is 1. The van der Waals surface area contributed by atoms with Crippen molar-refractivity contribution >= 4 is 29.6 Å². The fourth-order valence-electron chi connectivity index (χ4n) is 5.16. The van der Waals surface area contributed by atoms with Crippen LogP contribution >= 0.6 is 0 Å². The molecule has 0 spiro atoms. The first-order valence-corrected chi connectivity index (χ1v) is 13.1. The monoisotopic (exact) mass is 520 g/mol. The molecule has 2 unspecified atom stereocenters. The van der Waals surface area contributed by atoms with Gasteiger partial charge >= 0.3 is 6.09 Å². The molecule has 0 radical (unpaired) electrons. The topological polar surface area (TPSA) is 134 Å². The van der Waals surface area contributed by atoms with Crippen molar-refractivity contribution in [3.05, 3.63) is 12.7 Å². The van der Waals surface area contributed by atoms with E-state index in [4.69, 9.17) is 4.74 Å². The van der Waals surface area contributed by atoms with Gasteiger partial charge in [-0.1, -0.05) is 47.1 Å². The van der Waals surface area contributed by atoms with Gasteiger partial charge in [0.2, 0.25) is 17.6 Å². The van der Waals surface area contributed by atoms with Crippen LogP contribution in [0.15, 0.2) is 12.7 Å². The number of fused-ring (bicyclic) bond motifs is 1. The maximum absolute atomic E-state index is 13.7. The minimum absolute atomic E-state index is 0.0854. The van der Waals surface area contributed by atoms with E-state index in [0.717, 1.165) is 0 Å². The first-order valence-electron chi connectivity index (χ1n) is 13.1. The number of ketones is 1. The maximum atomic E-state index is 13.7. The third kappa shape index (κ3) is 7.11. The zero-order valence-electron chi connectivity index (χ0n) is 23.5. The summed E-state index contributed by atoms with van der Waals surface area (Å²) < 4.78 is 5.34. The average Bonchev–Trinajstić information content (AvgIpc) is 3.11. The van der Waals surface area contributed by atoms with Crippen LogP contribution < -0.4 is 16.0 Å². The van der Waals surface area contributed by atoms with Crippen LogP contribution in [-0.2, 0) is 23.9 Å². The third-order valence-electron chi connectivity index (χ3n) is 7.21. The van der Waals surface area contributed by atoms with Crippen molar-refractivity contribution in [2.45, 2.75) is 92.0 Å². The highest BCUT2D eigenvalue weighted by Crippen LogP contribution is 2.65. The lowest BCUT2D eigenvalue weighted by atomic mass is 9.97. The number of carbonyl (C=O) groups excluding carboxylic acids is 5. The van der Waals surface area contributed by atoms with Crippen LogP contribution in [0.2, 0.25) is 0 Å². The molecule has 1 aliphatic heterocycles. The van der Waals surface area contributed by atoms with Gasteiger partial charge < -0.3 is 25.6 Å². The van der Waals surface area contributed by atoms with Crippen LogP contribution in [0.3, 0.4) is 0 Å². The lowest BCUT2D eigenvalue weighted by Gasteiger charge is -2.35. The molecule has 208 valence electrons. The Labute approximate surface area is 220 Å². The number of likely N-dealkylation sites (tertiary alicyclic amines) is 1. The number of nitrogens with one attached hydrogen (secondary N) is 3. The fraction of sp³-hybridized carbons (Fsp3) is 0.741. The van der Waals surface area contributed by atoms with Gasteiger partial charge in [0.05, 0.1) is 6.04 Å². The van der Waals surface area contributed by atoms with Gasteiger partial charge in [-0.25, -0.2) is 4.79 Å². The zero-order valence-corrected chi connectivity index (χ0v) is 23.5.